The number of halogens is 1. The number of aliphatic hydroxyl groups excluding tert-OH is 1. The van der Waals surface area contributed by atoms with E-state index in [4.69, 9.17) is 16.7 Å². The molecule has 0 atom stereocenters. The minimum absolute atomic E-state index is 0.0475. The van der Waals surface area contributed by atoms with Crippen LogP contribution in [0.5, 0.6) is 0 Å². The second kappa shape index (κ2) is 8.13. The summed E-state index contributed by atoms with van der Waals surface area (Å²) in [6.45, 7) is 1.26. The van der Waals surface area contributed by atoms with E-state index in [2.05, 4.69) is 10.2 Å². The number of likely N-dealkylation sites (N-methyl/N-ethyl adjacent to an activating group) is 1. The number of thiophene rings is 1. The molecule has 0 radical (unpaired) electrons. The van der Waals surface area contributed by atoms with Crippen molar-refractivity contribution in [3.8, 4) is 0 Å². The van der Waals surface area contributed by atoms with Gasteiger partial charge >= 0.3 is 0 Å². The Morgan fingerprint density at radius 3 is 2.71 bits per heavy atom. The largest absolute Gasteiger partial charge is 0.396 e. The predicted octanol–water partition coefficient (Wildman–Crippen LogP) is 2.50. The zero-order chi connectivity index (χ0) is 15.2. The maximum Gasteiger partial charge on any atom is 0.234 e. The zero-order valence-corrected chi connectivity index (χ0v) is 13.9. The molecule has 0 aliphatic heterocycles. The van der Waals surface area contributed by atoms with Crippen LogP contribution < -0.4 is 5.32 Å². The fourth-order valence-electron chi connectivity index (χ4n) is 2.81. The van der Waals surface area contributed by atoms with Crippen molar-refractivity contribution in [2.75, 3.05) is 20.2 Å². The molecule has 1 heterocycles. The summed E-state index contributed by atoms with van der Waals surface area (Å²) in [5, 5.41) is 12.1. The molecule has 1 saturated carbocycles. The first-order valence-electron chi connectivity index (χ1n) is 7.40. The molecule has 1 aliphatic carbocycles. The molecule has 0 bridgehead atoms. The van der Waals surface area contributed by atoms with Gasteiger partial charge in [0, 0.05) is 17.5 Å². The fraction of sp³-hybridized carbons (Fsp3) is 0.667. The van der Waals surface area contributed by atoms with Gasteiger partial charge in [0.05, 0.1) is 17.4 Å². The number of carbonyl (C=O) groups is 1. The second-order valence-corrected chi connectivity index (χ2v) is 7.55. The van der Waals surface area contributed by atoms with Gasteiger partial charge in [-0.15, -0.1) is 11.3 Å². The van der Waals surface area contributed by atoms with Gasteiger partial charge in [0.1, 0.15) is 0 Å². The molecule has 2 N–H and O–H groups in total. The molecule has 1 aromatic rings. The van der Waals surface area contributed by atoms with Crippen molar-refractivity contribution < 1.29 is 9.90 Å². The van der Waals surface area contributed by atoms with Crippen molar-refractivity contribution in [2.45, 2.75) is 38.3 Å². The molecule has 2 rings (SSSR count). The van der Waals surface area contributed by atoms with Crippen LogP contribution in [0, 0.1) is 5.92 Å². The Kier molecular flexibility index (Phi) is 6.48. The molecular formula is C15H23ClN2O2S. The molecule has 0 saturated heterocycles. The third-order valence-corrected chi connectivity index (χ3v) is 5.41. The molecule has 0 unspecified atom stereocenters. The molecular weight excluding hydrogens is 308 g/mol. The molecule has 1 amide bonds. The lowest BCUT2D eigenvalue weighted by Crippen LogP contribution is -2.42. The number of hydrogen-bond donors (Lipinski definition) is 2. The Bertz CT molecular complexity index is 458. The molecule has 4 nitrogen and oxygen atoms in total. The highest BCUT2D eigenvalue weighted by Gasteiger charge is 2.24. The van der Waals surface area contributed by atoms with E-state index in [9.17, 15) is 4.79 Å². The van der Waals surface area contributed by atoms with Gasteiger partial charge in [-0.1, -0.05) is 11.6 Å². The van der Waals surface area contributed by atoms with Crippen molar-refractivity contribution in [3.05, 3.63) is 21.3 Å². The van der Waals surface area contributed by atoms with Gasteiger partial charge in [0.2, 0.25) is 5.91 Å². The minimum Gasteiger partial charge on any atom is -0.396 e. The summed E-state index contributed by atoms with van der Waals surface area (Å²) in [6.07, 6.45) is 4.24. The lowest BCUT2D eigenvalue weighted by atomic mass is 9.86. The first kappa shape index (κ1) is 16.7. The van der Waals surface area contributed by atoms with E-state index in [0.29, 0.717) is 31.7 Å². The van der Waals surface area contributed by atoms with Gasteiger partial charge in [0.25, 0.3) is 0 Å². The maximum absolute atomic E-state index is 12.0. The lowest BCUT2D eigenvalue weighted by Gasteiger charge is -2.33. The van der Waals surface area contributed by atoms with Crippen LogP contribution in [0.2, 0.25) is 4.34 Å². The van der Waals surface area contributed by atoms with Gasteiger partial charge in [-0.3, -0.25) is 9.69 Å². The van der Waals surface area contributed by atoms with Gasteiger partial charge in [-0.05, 0) is 50.8 Å². The van der Waals surface area contributed by atoms with Crippen LogP contribution in [0.15, 0.2) is 12.1 Å². The van der Waals surface area contributed by atoms with Crippen LogP contribution in [-0.2, 0) is 11.3 Å². The van der Waals surface area contributed by atoms with Crippen molar-refractivity contribution in [1.29, 1.82) is 0 Å². The molecule has 1 fully saturated rings. The highest BCUT2D eigenvalue weighted by molar-refractivity contribution is 7.16. The number of nitrogens with zero attached hydrogens (tertiary/aromatic N) is 1. The van der Waals surface area contributed by atoms with Crippen LogP contribution in [0.3, 0.4) is 0 Å². The summed E-state index contributed by atoms with van der Waals surface area (Å²) in [4.78, 5) is 15.2. The molecule has 1 aromatic heterocycles. The second-order valence-electron chi connectivity index (χ2n) is 5.75. The van der Waals surface area contributed by atoms with E-state index in [0.717, 1.165) is 34.9 Å². The number of carbonyl (C=O) groups excluding carboxylic acids is 1. The summed E-state index contributed by atoms with van der Waals surface area (Å²) in [7, 11) is 2.01. The molecule has 21 heavy (non-hydrogen) atoms. The molecule has 6 heteroatoms. The monoisotopic (exact) mass is 330 g/mol. The quantitative estimate of drug-likeness (QED) is 0.842. The standard InChI is InChI=1S/C15H23ClN2O2S/c1-18(12-4-2-11(10-19)3-5-12)9-15(20)17-8-13-6-7-14(16)21-13/h6-7,11-12,19H,2-5,8-10H2,1H3,(H,17,20). The number of hydrogen-bond acceptors (Lipinski definition) is 4. The topological polar surface area (TPSA) is 52.6 Å². The number of aliphatic hydroxyl groups is 1. The van der Waals surface area contributed by atoms with Crippen molar-refractivity contribution >= 4 is 28.8 Å². The first-order valence-corrected chi connectivity index (χ1v) is 8.60. The summed E-state index contributed by atoms with van der Waals surface area (Å²) in [6, 6.07) is 4.24. The molecule has 118 valence electrons. The summed E-state index contributed by atoms with van der Waals surface area (Å²) in [5.74, 6) is 0.498. The third-order valence-electron chi connectivity index (χ3n) is 4.18. The minimum atomic E-state index is 0.0475. The smallest absolute Gasteiger partial charge is 0.234 e. The van der Waals surface area contributed by atoms with Gasteiger partial charge < -0.3 is 10.4 Å². The molecule has 0 aromatic carbocycles. The Labute approximate surface area is 135 Å². The predicted molar refractivity (Wildman–Crippen MR) is 86.6 cm³/mol. The Hall–Kier alpha value is -0.620. The van der Waals surface area contributed by atoms with E-state index in [-0.39, 0.29) is 5.91 Å². The lowest BCUT2D eigenvalue weighted by molar-refractivity contribution is -0.122. The van der Waals surface area contributed by atoms with Crippen LogP contribution in [0.25, 0.3) is 0 Å². The summed E-state index contributed by atoms with van der Waals surface area (Å²) in [5.41, 5.74) is 0. The van der Waals surface area contributed by atoms with Crippen LogP contribution in [0.4, 0.5) is 0 Å². The van der Waals surface area contributed by atoms with Crippen LogP contribution in [0.1, 0.15) is 30.6 Å². The average Bonchev–Trinajstić information content (AvgIpc) is 2.91. The highest BCUT2D eigenvalue weighted by atomic mass is 35.5. The SMILES string of the molecule is CN(CC(=O)NCc1ccc(Cl)s1)C1CCC(CO)CC1. The first-order chi connectivity index (χ1) is 10.1. The third kappa shape index (κ3) is 5.25. The van der Waals surface area contributed by atoms with Crippen molar-refractivity contribution in [1.82, 2.24) is 10.2 Å². The van der Waals surface area contributed by atoms with Crippen molar-refractivity contribution in [3.63, 3.8) is 0 Å². The normalized spacial score (nSPS) is 22.5. The van der Waals surface area contributed by atoms with Gasteiger partial charge in [-0.2, -0.15) is 0 Å². The Morgan fingerprint density at radius 1 is 1.43 bits per heavy atom. The van der Waals surface area contributed by atoms with E-state index in [1.807, 2.05) is 19.2 Å². The van der Waals surface area contributed by atoms with Gasteiger partial charge in [0.15, 0.2) is 0 Å². The molecule has 1 aliphatic rings. The van der Waals surface area contributed by atoms with E-state index >= 15 is 0 Å². The maximum atomic E-state index is 12.0. The van der Waals surface area contributed by atoms with E-state index < -0.39 is 0 Å². The fourth-order valence-corrected chi connectivity index (χ4v) is 3.84. The summed E-state index contributed by atoms with van der Waals surface area (Å²) < 4.78 is 0.747. The zero-order valence-electron chi connectivity index (χ0n) is 12.3. The van der Waals surface area contributed by atoms with E-state index in [1.54, 1.807) is 0 Å². The van der Waals surface area contributed by atoms with Crippen LogP contribution >= 0.6 is 22.9 Å². The average molecular weight is 331 g/mol. The van der Waals surface area contributed by atoms with Crippen LogP contribution in [-0.4, -0.2) is 42.2 Å². The summed E-state index contributed by atoms with van der Waals surface area (Å²) >= 11 is 7.36. The number of amides is 1. The van der Waals surface area contributed by atoms with Gasteiger partial charge in [-0.25, -0.2) is 0 Å². The number of nitrogens with one attached hydrogen (secondary N) is 1. The Balaban J connectivity index is 1.69. The molecule has 0 spiro atoms. The highest BCUT2D eigenvalue weighted by Crippen LogP contribution is 2.26. The number of rotatable bonds is 6. The van der Waals surface area contributed by atoms with Crippen molar-refractivity contribution in [2.24, 2.45) is 5.92 Å². The Morgan fingerprint density at radius 2 is 2.14 bits per heavy atom. The van der Waals surface area contributed by atoms with E-state index in [1.165, 1.54) is 11.3 Å².